The quantitative estimate of drug-likeness (QED) is 0.545. The molecule has 0 bridgehead atoms. The van der Waals surface area contributed by atoms with Crippen molar-refractivity contribution in [3.05, 3.63) is 40.3 Å². The van der Waals surface area contributed by atoms with Crippen molar-refractivity contribution >= 4 is 23.4 Å². The Morgan fingerprint density at radius 2 is 2.20 bits per heavy atom. The lowest BCUT2D eigenvalue weighted by molar-refractivity contribution is -0.115. The van der Waals surface area contributed by atoms with Gasteiger partial charge in [-0.2, -0.15) is 5.26 Å². The topological polar surface area (TPSA) is 113 Å². The van der Waals surface area contributed by atoms with Gasteiger partial charge in [-0.05, 0) is 37.6 Å². The van der Waals surface area contributed by atoms with Crippen molar-refractivity contribution in [2.75, 3.05) is 19.0 Å². The van der Waals surface area contributed by atoms with Crippen LogP contribution in [0.5, 0.6) is 0 Å². The molecule has 1 amide bonds. The third-order valence-electron chi connectivity index (χ3n) is 3.39. The highest BCUT2D eigenvalue weighted by molar-refractivity contribution is 8.00. The van der Waals surface area contributed by atoms with Crippen LogP contribution in [-0.2, 0) is 16.1 Å². The molecule has 0 radical (unpaired) electrons. The molecule has 0 aliphatic heterocycles. The normalized spacial score (nSPS) is 11.7. The number of aromatic amines is 1. The lowest BCUT2D eigenvalue weighted by atomic mass is 10.2. The van der Waals surface area contributed by atoms with Gasteiger partial charge in [0, 0.05) is 25.9 Å². The minimum Gasteiger partial charge on any atom is -0.385 e. The second-order valence-corrected chi connectivity index (χ2v) is 6.56. The number of thioether (sulfide) groups is 1. The number of nitrogens with one attached hydrogen (secondary N) is 2. The highest BCUT2D eigenvalue weighted by Crippen LogP contribution is 2.21. The van der Waals surface area contributed by atoms with E-state index in [0.29, 0.717) is 36.0 Å². The molecule has 1 heterocycles. The summed E-state index contributed by atoms with van der Waals surface area (Å²) in [6.07, 6.45) is 0.676. The molecule has 0 spiro atoms. The Morgan fingerprint density at radius 1 is 1.48 bits per heavy atom. The first-order valence-corrected chi connectivity index (χ1v) is 8.55. The van der Waals surface area contributed by atoms with E-state index in [1.165, 1.54) is 16.3 Å². The summed E-state index contributed by atoms with van der Waals surface area (Å²) in [5.41, 5.74) is 0.825. The van der Waals surface area contributed by atoms with Gasteiger partial charge in [-0.15, -0.1) is 5.10 Å². The zero-order chi connectivity index (χ0) is 18.2. The number of ether oxygens (including phenoxy) is 1. The summed E-state index contributed by atoms with van der Waals surface area (Å²) >= 11 is 1.20. The molecule has 0 aliphatic carbocycles. The second kappa shape index (κ2) is 9.05. The zero-order valence-electron chi connectivity index (χ0n) is 14.0. The minimum atomic E-state index is -0.452. The van der Waals surface area contributed by atoms with Crippen LogP contribution < -0.4 is 11.0 Å². The average Bonchev–Trinajstić information content (AvgIpc) is 2.96. The molecular weight excluding hydrogens is 342 g/mol. The zero-order valence-corrected chi connectivity index (χ0v) is 14.8. The Balaban J connectivity index is 1.98. The number of rotatable bonds is 8. The summed E-state index contributed by atoms with van der Waals surface area (Å²) in [6, 6.07) is 8.63. The van der Waals surface area contributed by atoms with E-state index in [4.69, 9.17) is 10.00 Å². The maximum Gasteiger partial charge on any atom is 0.343 e. The molecule has 0 saturated heterocycles. The molecule has 9 heteroatoms. The number of carbonyl (C=O) groups excluding carboxylic acids is 1. The highest BCUT2D eigenvalue weighted by Gasteiger charge is 2.19. The Morgan fingerprint density at radius 3 is 2.84 bits per heavy atom. The second-order valence-electron chi connectivity index (χ2n) is 5.25. The molecule has 1 atom stereocenters. The van der Waals surface area contributed by atoms with Gasteiger partial charge in [0.25, 0.3) is 0 Å². The van der Waals surface area contributed by atoms with Crippen molar-refractivity contribution in [1.29, 1.82) is 5.26 Å². The number of hydrogen-bond donors (Lipinski definition) is 2. The number of hydrogen-bond acceptors (Lipinski definition) is 6. The molecule has 0 saturated carbocycles. The lowest BCUT2D eigenvalue weighted by Crippen LogP contribution is -2.24. The lowest BCUT2D eigenvalue weighted by Gasteiger charge is -2.12. The fourth-order valence-electron chi connectivity index (χ4n) is 2.04. The van der Waals surface area contributed by atoms with E-state index >= 15 is 0 Å². The molecule has 25 heavy (non-hydrogen) atoms. The number of H-pyrrole nitrogens is 1. The fraction of sp³-hybridized carbons (Fsp3) is 0.375. The molecule has 1 aromatic carbocycles. The Bertz CT molecular complexity index is 806. The van der Waals surface area contributed by atoms with Crippen LogP contribution >= 0.6 is 11.8 Å². The standard InChI is InChI=1S/C16H19N5O3S/c1-11(14(22)18-13-6-4-12(10-17)5-7-13)25-16-20-19-15(23)21(16)8-3-9-24-2/h4-7,11H,3,8-9H2,1-2H3,(H,18,22)(H,19,23)/t11-/m0/s1. The van der Waals surface area contributed by atoms with Crippen molar-refractivity contribution < 1.29 is 9.53 Å². The van der Waals surface area contributed by atoms with Crippen molar-refractivity contribution in [1.82, 2.24) is 14.8 Å². The molecule has 2 rings (SSSR count). The van der Waals surface area contributed by atoms with E-state index in [1.54, 1.807) is 38.3 Å². The van der Waals surface area contributed by atoms with Crippen molar-refractivity contribution in [3.63, 3.8) is 0 Å². The molecule has 0 fully saturated rings. The third-order valence-corrected chi connectivity index (χ3v) is 4.48. The van der Waals surface area contributed by atoms with Gasteiger partial charge in [0.05, 0.1) is 16.9 Å². The molecular formula is C16H19N5O3S. The number of anilines is 1. The van der Waals surface area contributed by atoms with Crippen LogP contribution in [0.2, 0.25) is 0 Å². The van der Waals surface area contributed by atoms with Gasteiger partial charge in [0.15, 0.2) is 5.16 Å². The smallest absolute Gasteiger partial charge is 0.343 e. The number of aromatic nitrogens is 3. The first-order valence-electron chi connectivity index (χ1n) is 7.67. The van der Waals surface area contributed by atoms with Gasteiger partial charge < -0.3 is 10.1 Å². The number of methoxy groups -OCH3 is 1. The summed E-state index contributed by atoms with van der Waals surface area (Å²) in [5, 5.41) is 18.0. The van der Waals surface area contributed by atoms with E-state index in [2.05, 4.69) is 15.5 Å². The van der Waals surface area contributed by atoms with Gasteiger partial charge >= 0.3 is 5.69 Å². The summed E-state index contributed by atoms with van der Waals surface area (Å²) < 4.78 is 6.48. The number of nitriles is 1. The minimum absolute atomic E-state index is 0.214. The van der Waals surface area contributed by atoms with Gasteiger partial charge in [-0.25, -0.2) is 9.89 Å². The monoisotopic (exact) mass is 361 g/mol. The van der Waals surface area contributed by atoms with Crippen LogP contribution in [0.3, 0.4) is 0 Å². The molecule has 0 aliphatic rings. The number of benzene rings is 1. The summed E-state index contributed by atoms with van der Waals surface area (Å²) in [5.74, 6) is -0.214. The number of carbonyl (C=O) groups is 1. The first-order chi connectivity index (χ1) is 12.0. The SMILES string of the molecule is COCCCn1c(S[C@@H](C)C(=O)Nc2ccc(C#N)cc2)n[nH]c1=O. The molecule has 2 aromatic rings. The van der Waals surface area contributed by atoms with Crippen molar-refractivity contribution in [2.24, 2.45) is 0 Å². The van der Waals surface area contributed by atoms with Crippen LogP contribution in [0, 0.1) is 11.3 Å². The highest BCUT2D eigenvalue weighted by atomic mass is 32.2. The van der Waals surface area contributed by atoms with Crippen LogP contribution in [0.15, 0.2) is 34.2 Å². The van der Waals surface area contributed by atoms with Gasteiger partial charge in [0.1, 0.15) is 0 Å². The Kier molecular flexibility index (Phi) is 6.80. The maximum absolute atomic E-state index is 12.3. The summed E-state index contributed by atoms with van der Waals surface area (Å²) in [4.78, 5) is 24.1. The van der Waals surface area contributed by atoms with Crippen LogP contribution in [-0.4, -0.2) is 39.6 Å². The number of amides is 1. The maximum atomic E-state index is 12.3. The molecule has 132 valence electrons. The number of nitrogens with zero attached hydrogens (tertiary/aromatic N) is 3. The molecule has 1 aromatic heterocycles. The van der Waals surface area contributed by atoms with E-state index < -0.39 is 5.25 Å². The largest absolute Gasteiger partial charge is 0.385 e. The van der Waals surface area contributed by atoms with Crippen molar-refractivity contribution in [2.45, 2.75) is 30.3 Å². The first kappa shape index (κ1) is 18.8. The van der Waals surface area contributed by atoms with Gasteiger partial charge in [-0.3, -0.25) is 9.36 Å². The predicted molar refractivity (Wildman–Crippen MR) is 94.4 cm³/mol. The molecule has 8 nitrogen and oxygen atoms in total. The Hall–Kier alpha value is -2.57. The van der Waals surface area contributed by atoms with Crippen LogP contribution in [0.25, 0.3) is 0 Å². The van der Waals surface area contributed by atoms with Crippen LogP contribution in [0.4, 0.5) is 5.69 Å². The summed E-state index contributed by atoms with van der Waals surface area (Å²) in [6.45, 7) is 2.74. The van der Waals surface area contributed by atoms with E-state index in [0.717, 1.165) is 0 Å². The third kappa shape index (κ3) is 5.20. The fourth-order valence-corrected chi connectivity index (χ4v) is 2.92. The van der Waals surface area contributed by atoms with Gasteiger partial charge in [-0.1, -0.05) is 11.8 Å². The Labute approximate surface area is 149 Å². The predicted octanol–water partition coefficient (Wildman–Crippen LogP) is 1.60. The van der Waals surface area contributed by atoms with Crippen LogP contribution in [0.1, 0.15) is 18.9 Å². The van der Waals surface area contributed by atoms with Crippen molar-refractivity contribution in [3.8, 4) is 6.07 Å². The molecule has 2 N–H and O–H groups in total. The van der Waals surface area contributed by atoms with Gasteiger partial charge in [0.2, 0.25) is 5.91 Å². The van der Waals surface area contributed by atoms with E-state index in [-0.39, 0.29) is 11.6 Å². The van der Waals surface area contributed by atoms with E-state index in [1.807, 2.05) is 6.07 Å². The molecule has 0 unspecified atom stereocenters. The van der Waals surface area contributed by atoms with E-state index in [9.17, 15) is 9.59 Å². The average molecular weight is 361 g/mol. The summed E-state index contributed by atoms with van der Waals surface area (Å²) in [7, 11) is 1.60.